The largest absolute Gasteiger partial charge is 0.252 e. The van der Waals surface area contributed by atoms with E-state index in [0.717, 1.165) is 4.88 Å². The van der Waals surface area contributed by atoms with Crippen LogP contribution in [0.1, 0.15) is 11.8 Å². The second-order valence-corrected chi connectivity index (χ2v) is 10.6. The molecule has 1 aromatic rings. The fourth-order valence-corrected chi connectivity index (χ4v) is 7.38. The molecule has 0 aliphatic carbocycles. The normalized spacial score (nSPS) is 23.8. The molecule has 0 radical (unpaired) electrons. The average Bonchev–Trinajstić information content (AvgIpc) is 2.77. The predicted molar refractivity (Wildman–Crippen MR) is 80.8 cm³/mol. The Hall–Kier alpha value is -0.150. The minimum Gasteiger partial charge on any atom is -0.229 e. The summed E-state index contributed by atoms with van der Waals surface area (Å²) >= 11 is 6.84. The minimum atomic E-state index is -3.61. The first-order chi connectivity index (χ1) is 9.26. The highest BCUT2D eigenvalue weighted by molar-refractivity contribution is 7.92. The van der Waals surface area contributed by atoms with Gasteiger partial charge in [0, 0.05) is 23.3 Å². The number of hydrogen-bond acceptors (Lipinski definition) is 5. The van der Waals surface area contributed by atoms with E-state index in [4.69, 9.17) is 11.6 Å². The summed E-state index contributed by atoms with van der Waals surface area (Å²) in [5.41, 5.74) is 0. The van der Waals surface area contributed by atoms with E-state index in [1.807, 2.05) is 0 Å². The highest BCUT2D eigenvalue weighted by atomic mass is 35.5. The molecule has 114 valence electrons. The molecule has 1 atom stereocenters. The fourth-order valence-electron chi connectivity index (χ4n) is 2.18. The Bertz CT molecular complexity index is 680. The van der Waals surface area contributed by atoms with Gasteiger partial charge in [-0.2, -0.15) is 4.31 Å². The lowest BCUT2D eigenvalue weighted by molar-refractivity contribution is 0.357. The molecule has 2 rings (SSSR count). The third-order valence-electron chi connectivity index (χ3n) is 3.15. The SMILES string of the molecule is CC1CS(=O)(=O)CCN1S(=O)(=O)c1ccc(CCCl)s1. The van der Waals surface area contributed by atoms with Crippen LogP contribution in [0.15, 0.2) is 16.3 Å². The molecule has 2 heterocycles. The van der Waals surface area contributed by atoms with Crippen LogP contribution >= 0.6 is 22.9 Å². The maximum atomic E-state index is 12.5. The first-order valence-electron chi connectivity index (χ1n) is 6.13. The molecule has 1 aromatic heterocycles. The molecule has 1 aliphatic heterocycles. The van der Waals surface area contributed by atoms with Crippen LogP contribution in [-0.2, 0) is 26.3 Å². The van der Waals surface area contributed by atoms with Crippen LogP contribution in [0.2, 0.25) is 0 Å². The molecular weight excluding hydrogens is 342 g/mol. The molecule has 0 spiro atoms. The molecule has 1 fully saturated rings. The maximum absolute atomic E-state index is 12.5. The van der Waals surface area contributed by atoms with Crippen LogP contribution in [0.4, 0.5) is 0 Å². The van der Waals surface area contributed by atoms with E-state index < -0.39 is 25.9 Å². The molecular formula is C11H16ClNO4S3. The fraction of sp³-hybridized carbons (Fsp3) is 0.636. The monoisotopic (exact) mass is 357 g/mol. The molecule has 0 amide bonds. The van der Waals surface area contributed by atoms with Crippen molar-refractivity contribution in [1.29, 1.82) is 0 Å². The Balaban J connectivity index is 2.26. The molecule has 1 aliphatic rings. The number of hydrogen-bond donors (Lipinski definition) is 0. The minimum absolute atomic E-state index is 0.0224. The topological polar surface area (TPSA) is 71.5 Å². The number of sulfonamides is 1. The summed E-state index contributed by atoms with van der Waals surface area (Å²) in [7, 11) is -6.75. The van der Waals surface area contributed by atoms with Crippen LogP contribution in [0.25, 0.3) is 0 Å². The highest BCUT2D eigenvalue weighted by Gasteiger charge is 2.37. The van der Waals surface area contributed by atoms with Gasteiger partial charge in [0.2, 0.25) is 0 Å². The third-order valence-corrected chi connectivity index (χ3v) is 8.76. The number of halogens is 1. The lowest BCUT2D eigenvalue weighted by Crippen LogP contribution is -2.49. The van der Waals surface area contributed by atoms with Gasteiger partial charge in [-0.3, -0.25) is 0 Å². The van der Waals surface area contributed by atoms with Gasteiger partial charge in [0.1, 0.15) is 4.21 Å². The summed E-state index contributed by atoms with van der Waals surface area (Å²) in [6, 6.07) is 2.79. The van der Waals surface area contributed by atoms with Crippen molar-refractivity contribution >= 4 is 42.8 Å². The molecule has 20 heavy (non-hydrogen) atoms. The van der Waals surface area contributed by atoms with Crippen LogP contribution in [0.5, 0.6) is 0 Å². The Morgan fingerprint density at radius 3 is 2.75 bits per heavy atom. The molecule has 9 heteroatoms. The van der Waals surface area contributed by atoms with Crippen molar-refractivity contribution in [3.8, 4) is 0 Å². The Morgan fingerprint density at radius 1 is 1.45 bits per heavy atom. The lowest BCUT2D eigenvalue weighted by Gasteiger charge is -2.31. The predicted octanol–water partition coefficient (Wildman–Crippen LogP) is 1.34. The van der Waals surface area contributed by atoms with E-state index in [1.165, 1.54) is 15.6 Å². The van der Waals surface area contributed by atoms with Gasteiger partial charge in [-0.1, -0.05) is 0 Å². The summed E-state index contributed by atoms with van der Waals surface area (Å²) < 4.78 is 49.7. The van der Waals surface area contributed by atoms with Crippen LogP contribution < -0.4 is 0 Å². The van der Waals surface area contributed by atoms with Gasteiger partial charge in [-0.15, -0.1) is 22.9 Å². The van der Waals surface area contributed by atoms with Gasteiger partial charge in [0.25, 0.3) is 10.0 Å². The number of aryl methyl sites for hydroxylation is 1. The van der Waals surface area contributed by atoms with Crippen LogP contribution in [0.3, 0.4) is 0 Å². The molecule has 0 saturated carbocycles. The average molecular weight is 358 g/mol. The second-order valence-electron chi connectivity index (χ2n) is 4.74. The van der Waals surface area contributed by atoms with Crippen molar-refractivity contribution in [1.82, 2.24) is 4.31 Å². The molecule has 0 aromatic carbocycles. The summed E-state index contributed by atoms with van der Waals surface area (Å²) in [5.74, 6) is 0.209. The van der Waals surface area contributed by atoms with E-state index >= 15 is 0 Å². The van der Waals surface area contributed by atoms with E-state index in [9.17, 15) is 16.8 Å². The summed E-state index contributed by atoms with van der Waals surface area (Å²) in [5, 5.41) is 0. The van der Waals surface area contributed by atoms with Crippen molar-refractivity contribution in [3.63, 3.8) is 0 Å². The van der Waals surface area contributed by atoms with Crippen molar-refractivity contribution in [3.05, 3.63) is 17.0 Å². The van der Waals surface area contributed by atoms with Crippen molar-refractivity contribution in [2.24, 2.45) is 0 Å². The number of rotatable bonds is 4. The number of sulfone groups is 1. The molecule has 0 bridgehead atoms. The standard InChI is InChI=1S/C11H16ClNO4S3/c1-9-8-19(14,15)7-6-13(9)20(16,17)11-3-2-10(18-11)4-5-12/h2-3,9H,4-8H2,1H3. The van der Waals surface area contributed by atoms with Gasteiger partial charge in [-0.25, -0.2) is 16.8 Å². The van der Waals surface area contributed by atoms with Gasteiger partial charge >= 0.3 is 0 Å². The summed E-state index contributed by atoms with van der Waals surface area (Å²) in [6.07, 6.45) is 0.631. The third kappa shape index (κ3) is 3.36. The zero-order valence-electron chi connectivity index (χ0n) is 11.0. The maximum Gasteiger partial charge on any atom is 0.252 e. The van der Waals surface area contributed by atoms with Gasteiger partial charge < -0.3 is 0 Å². The summed E-state index contributed by atoms with van der Waals surface area (Å²) in [4.78, 5) is 0.913. The lowest BCUT2D eigenvalue weighted by atomic mass is 10.4. The van der Waals surface area contributed by atoms with Gasteiger partial charge in [0.15, 0.2) is 9.84 Å². The first kappa shape index (κ1) is 16.2. The molecule has 0 N–H and O–H groups in total. The van der Waals surface area contributed by atoms with E-state index in [2.05, 4.69) is 0 Å². The molecule has 1 saturated heterocycles. The number of alkyl halides is 1. The Kier molecular flexibility index (Phi) is 4.80. The number of nitrogens with zero attached hydrogens (tertiary/aromatic N) is 1. The van der Waals surface area contributed by atoms with E-state index in [1.54, 1.807) is 19.1 Å². The zero-order chi connectivity index (χ0) is 15.0. The van der Waals surface area contributed by atoms with Crippen LogP contribution in [-0.4, -0.2) is 51.1 Å². The van der Waals surface area contributed by atoms with Crippen molar-refractivity contribution in [2.75, 3.05) is 23.9 Å². The van der Waals surface area contributed by atoms with Crippen molar-refractivity contribution in [2.45, 2.75) is 23.6 Å². The van der Waals surface area contributed by atoms with E-state index in [-0.39, 0.29) is 22.3 Å². The van der Waals surface area contributed by atoms with Crippen molar-refractivity contribution < 1.29 is 16.8 Å². The van der Waals surface area contributed by atoms with Gasteiger partial charge in [0.05, 0.1) is 11.5 Å². The Morgan fingerprint density at radius 2 is 2.15 bits per heavy atom. The zero-order valence-corrected chi connectivity index (χ0v) is 14.2. The number of thiophene rings is 1. The van der Waals surface area contributed by atoms with Gasteiger partial charge in [-0.05, 0) is 25.5 Å². The van der Waals surface area contributed by atoms with Crippen LogP contribution in [0, 0.1) is 0 Å². The first-order valence-corrected chi connectivity index (χ1v) is 10.7. The molecule has 5 nitrogen and oxygen atoms in total. The smallest absolute Gasteiger partial charge is 0.229 e. The summed E-state index contributed by atoms with van der Waals surface area (Å²) in [6.45, 7) is 1.65. The second kappa shape index (κ2) is 5.92. The molecule has 1 unspecified atom stereocenters. The Labute approximate surface area is 128 Å². The van der Waals surface area contributed by atoms with E-state index in [0.29, 0.717) is 12.3 Å². The highest BCUT2D eigenvalue weighted by Crippen LogP contribution is 2.28. The quantitative estimate of drug-likeness (QED) is 0.762.